The molecule has 0 saturated heterocycles. The summed E-state index contributed by atoms with van der Waals surface area (Å²) < 4.78 is 5.41. The highest BCUT2D eigenvalue weighted by Crippen LogP contribution is 2.11. The SMILES string of the molecule is Cc1ccc(OCC(=O)NCCc2cccc(Cl)c2)cc1. The van der Waals surface area contributed by atoms with E-state index in [1.165, 1.54) is 0 Å². The molecular formula is C17H18ClNO2. The first-order valence-corrected chi connectivity index (χ1v) is 7.22. The summed E-state index contributed by atoms with van der Waals surface area (Å²) in [6, 6.07) is 15.2. The van der Waals surface area contributed by atoms with Crippen LogP contribution in [-0.4, -0.2) is 19.1 Å². The lowest BCUT2D eigenvalue weighted by Crippen LogP contribution is -2.30. The van der Waals surface area contributed by atoms with Gasteiger partial charge in [0.1, 0.15) is 5.75 Å². The number of carbonyl (C=O) groups is 1. The van der Waals surface area contributed by atoms with E-state index in [1.54, 1.807) is 0 Å². The average Bonchev–Trinajstić information content (AvgIpc) is 2.47. The molecule has 21 heavy (non-hydrogen) atoms. The Morgan fingerprint density at radius 1 is 1.19 bits per heavy atom. The minimum atomic E-state index is -0.127. The van der Waals surface area contributed by atoms with Crippen molar-refractivity contribution >= 4 is 17.5 Å². The lowest BCUT2D eigenvalue weighted by atomic mass is 10.1. The van der Waals surface area contributed by atoms with Gasteiger partial charge in [-0.15, -0.1) is 0 Å². The molecule has 110 valence electrons. The Balaban J connectivity index is 1.69. The Hall–Kier alpha value is -2.00. The van der Waals surface area contributed by atoms with Crippen molar-refractivity contribution in [3.8, 4) is 5.75 Å². The maximum Gasteiger partial charge on any atom is 0.257 e. The van der Waals surface area contributed by atoms with E-state index in [1.807, 2.05) is 55.5 Å². The quantitative estimate of drug-likeness (QED) is 0.888. The summed E-state index contributed by atoms with van der Waals surface area (Å²) in [4.78, 5) is 11.7. The van der Waals surface area contributed by atoms with Crippen LogP contribution in [0.4, 0.5) is 0 Å². The maximum absolute atomic E-state index is 11.7. The molecule has 0 aliphatic rings. The standard InChI is InChI=1S/C17H18ClNO2/c1-13-5-7-16(8-6-13)21-12-17(20)19-10-9-14-3-2-4-15(18)11-14/h2-8,11H,9-10,12H2,1H3,(H,19,20). The highest BCUT2D eigenvalue weighted by Gasteiger charge is 2.02. The van der Waals surface area contributed by atoms with Crippen LogP contribution in [0.2, 0.25) is 5.02 Å². The number of carbonyl (C=O) groups excluding carboxylic acids is 1. The summed E-state index contributed by atoms with van der Waals surface area (Å²) in [6.07, 6.45) is 0.747. The summed E-state index contributed by atoms with van der Waals surface area (Å²) in [6.45, 7) is 2.60. The number of nitrogens with one attached hydrogen (secondary N) is 1. The molecule has 2 aromatic carbocycles. The van der Waals surface area contributed by atoms with E-state index in [0.29, 0.717) is 17.3 Å². The molecule has 0 unspecified atom stereocenters. The van der Waals surface area contributed by atoms with Crippen molar-refractivity contribution in [3.05, 3.63) is 64.7 Å². The van der Waals surface area contributed by atoms with Gasteiger partial charge in [-0.05, 0) is 43.2 Å². The van der Waals surface area contributed by atoms with Gasteiger partial charge in [0.15, 0.2) is 6.61 Å². The number of rotatable bonds is 6. The number of aryl methyl sites for hydroxylation is 1. The Bertz CT molecular complexity index is 596. The van der Waals surface area contributed by atoms with Crippen molar-refractivity contribution in [3.63, 3.8) is 0 Å². The third-order valence-electron chi connectivity index (χ3n) is 3.02. The lowest BCUT2D eigenvalue weighted by Gasteiger charge is -2.08. The molecule has 0 saturated carbocycles. The molecule has 1 amide bonds. The van der Waals surface area contributed by atoms with Gasteiger partial charge in [0.25, 0.3) is 5.91 Å². The topological polar surface area (TPSA) is 38.3 Å². The fraction of sp³-hybridized carbons (Fsp3) is 0.235. The Kier molecular flexibility index (Phi) is 5.64. The molecule has 1 N–H and O–H groups in total. The highest BCUT2D eigenvalue weighted by atomic mass is 35.5. The number of hydrogen-bond donors (Lipinski definition) is 1. The molecule has 0 aliphatic heterocycles. The van der Waals surface area contributed by atoms with Gasteiger partial charge >= 0.3 is 0 Å². The van der Waals surface area contributed by atoms with Crippen molar-refractivity contribution in [1.29, 1.82) is 0 Å². The van der Waals surface area contributed by atoms with Crippen LogP contribution in [0, 0.1) is 6.92 Å². The first-order valence-electron chi connectivity index (χ1n) is 6.84. The van der Waals surface area contributed by atoms with Crippen LogP contribution in [-0.2, 0) is 11.2 Å². The molecule has 4 heteroatoms. The van der Waals surface area contributed by atoms with E-state index in [2.05, 4.69) is 5.32 Å². The van der Waals surface area contributed by atoms with E-state index in [-0.39, 0.29) is 12.5 Å². The minimum Gasteiger partial charge on any atom is -0.484 e. The normalized spacial score (nSPS) is 10.2. The van der Waals surface area contributed by atoms with Gasteiger partial charge in [-0.1, -0.05) is 41.4 Å². The largest absolute Gasteiger partial charge is 0.484 e. The summed E-state index contributed by atoms with van der Waals surface area (Å²) >= 11 is 5.91. The van der Waals surface area contributed by atoms with E-state index < -0.39 is 0 Å². The number of hydrogen-bond acceptors (Lipinski definition) is 2. The van der Waals surface area contributed by atoms with Gasteiger partial charge in [0.2, 0.25) is 0 Å². The van der Waals surface area contributed by atoms with Crippen LogP contribution in [0.3, 0.4) is 0 Å². The van der Waals surface area contributed by atoms with Crippen molar-refractivity contribution < 1.29 is 9.53 Å². The smallest absolute Gasteiger partial charge is 0.257 e. The first kappa shape index (κ1) is 15.4. The molecule has 0 bridgehead atoms. The second-order valence-electron chi connectivity index (χ2n) is 4.83. The van der Waals surface area contributed by atoms with Crippen LogP contribution in [0.25, 0.3) is 0 Å². The van der Waals surface area contributed by atoms with Crippen molar-refractivity contribution in [2.45, 2.75) is 13.3 Å². The Morgan fingerprint density at radius 3 is 2.67 bits per heavy atom. The maximum atomic E-state index is 11.7. The lowest BCUT2D eigenvalue weighted by molar-refractivity contribution is -0.123. The number of halogens is 1. The van der Waals surface area contributed by atoms with Crippen LogP contribution < -0.4 is 10.1 Å². The third-order valence-corrected chi connectivity index (χ3v) is 3.25. The summed E-state index contributed by atoms with van der Waals surface area (Å²) in [5.74, 6) is 0.572. The average molecular weight is 304 g/mol. The van der Waals surface area contributed by atoms with Crippen LogP contribution in [0.15, 0.2) is 48.5 Å². The molecule has 0 aromatic heterocycles. The van der Waals surface area contributed by atoms with Gasteiger partial charge in [0.05, 0.1) is 0 Å². The molecule has 0 atom stereocenters. The second-order valence-corrected chi connectivity index (χ2v) is 5.27. The Labute approximate surface area is 129 Å². The van der Waals surface area contributed by atoms with E-state index in [9.17, 15) is 4.79 Å². The van der Waals surface area contributed by atoms with Crippen molar-refractivity contribution in [1.82, 2.24) is 5.32 Å². The third kappa shape index (κ3) is 5.48. The van der Waals surface area contributed by atoms with Gasteiger partial charge < -0.3 is 10.1 Å². The number of ether oxygens (including phenoxy) is 1. The molecule has 2 rings (SSSR count). The van der Waals surface area contributed by atoms with Crippen LogP contribution >= 0.6 is 11.6 Å². The monoisotopic (exact) mass is 303 g/mol. The van der Waals surface area contributed by atoms with Gasteiger partial charge in [-0.3, -0.25) is 4.79 Å². The van der Waals surface area contributed by atoms with Crippen LogP contribution in [0.5, 0.6) is 5.75 Å². The zero-order valence-corrected chi connectivity index (χ0v) is 12.7. The summed E-state index contributed by atoms with van der Waals surface area (Å²) in [7, 11) is 0. The molecular weight excluding hydrogens is 286 g/mol. The first-order chi connectivity index (χ1) is 10.1. The molecule has 0 spiro atoms. The molecule has 0 heterocycles. The van der Waals surface area contributed by atoms with E-state index >= 15 is 0 Å². The van der Waals surface area contributed by atoms with Crippen molar-refractivity contribution in [2.24, 2.45) is 0 Å². The molecule has 0 aliphatic carbocycles. The minimum absolute atomic E-state index is 0.0264. The van der Waals surface area contributed by atoms with Gasteiger partial charge in [0, 0.05) is 11.6 Å². The highest BCUT2D eigenvalue weighted by molar-refractivity contribution is 6.30. The summed E-state index contributed by atoms with van der Waals surface area (Å²) in [5, 5.41) is 3.53. The predicted molar refractivity (Wildman–Crippen MR) is 84.8 cm³/mol. The van der Waals surface area contributed by atoms with E-state index in [4.69, 9.17) is 16.3 Å². The molecule has 2 aromatic rings. The zero-order valence-electron chi connectivity index (χ0n) is 11.9. The fourth-order valence-electron chi connectivity index (χ4n) is 1.87. The van der Waals surface area contributed by atoms with E-state index in [0.717, 1.165) is 17.5 Å². The molecule has 0 fully saturated rings. The predicted octanol–water partition coefficient (Wildman–Crippen LogP) is 3.39. The number of benzene rings is 2. The Morgan fingerprint density at radius 2 is 1.95 bits per heavy atom. The fourth-order valence-corrected chi connectivity index (χ4v) is 2.09. The molecule has 0 radical (unpaired) electrons. The zero-order chi connectivity index (χ0) is 15.1. The van der Waals surface area contributed by atoms with Gasteiger partial charge in [-0.2, -0.15) is 0 Å². The molecule has 3 nitrogen and oxygen atoms in total. The van der Waals surface area contributed by atoms with Gasteiger partial charge in [-0.25, -0.2) is 0 Å². The number of amides is 1. The van der Waals surface area contributed by atoms with Crippen LogP contribution in [0.1, 0.15) is 11.1 Å². The van der Waals surface area contributed by atoms with Crippen molar-refractivity contribution in [2.75, 3.05) is 13.2 Å². The second kappa shape index (κ2) is 7.70. The summed E-state index contributed by atoms with van der Waals surface area (Å²) in [5.41, 5.74) is 2.26.